The Hall–Kier alpha value is -1.98. The minimum Gasteiger partial charge on any atom is -0.496 e. The molecule has 0 saturated carbocycles. The second-order valence-electron chi connectivity index (χ2n) is 4.88. The van der Waals surface area contributed by atoms with Crippen LogP contribution in [0.4, 0.5) is 8.78 Å². The van der Waals surface area contributed by atoms with Crippen LogP contribution in [0.3, 0.4) is 0 Å². The van der Waals surface area contributed by atoms with Crippen molar-refractivity contribution in [3.8, 4) is 5.75 Å². The number of ether oxygens (including phenoxy) is 1. The number of nitrogens with two attached hydrogens (primary N) is 1. The molecule has 0 radical (unpaired) electrons. The van der Waals surface area contributed by atoms with Gasteiger partial charge >= 0.3 is 0 Å². The fourth-order valence-corrected chi connectivity index (χ4v) is 2.29. The van der Waals surface area contributed by atoms with Gasteiger partial charge in [0.1, 0.15) is 5.75 Å². The lowest BCUT2D eigenvalue weighted by Gasteiger charge is -2.20. The van der Waals surface area contributed by atoms with E-state index < -0.39 is 11.6 Å². The largest absolute Gasteiger partial charge is 0.496 e. The van der Waals surface area contributed by atoms with Gasteiger partial charge in [0, 0.05) is 5.56 Å². The molecule has 0 heterocycles. The zero-order chi connectivity index (χ0) is 15.4. The fraction of sp³-hybridized carbons (Fsp3) is 0.250. The van der Waals surface area contributed by atoms with E-state index in [1.54, 1.807) is 13.2 Å². The Labute approximate surface area is 122 Å². The van der Waals surface area contributed by atoms with Crippen LogP contribution in [0.5, 0.6) is 5.75 Å². The standard InChI is InChI=1S/C16H18F2N2O/c1-10-6-7-12(15(8-10)21-2)14(20-19)9-11-4-3-5-13(17)16(11)18/h3-8,14,20H,9,19H2,1-2H3. The number of halogens is 2. The average Bonchev–Trinajstić information content (AvgIpc) is 2.49. The monoisotopic (exact) mass is 292 g/mol. The first-order valence-electron chi connectivity index (χ1n) is 6.60. The Morgan fingerprint density at radius 2 is 2.00 bits per heavy atom. The molecule has 0 saturated heterocycles. The maximum Gasteiger partial charge on any atom is 0.162 e. The second kappa shape index (κ2) is 6.65. The highest BCUT2D eigenvalue weighted by Crippen LogP contribution is 2.29. The zero-order valence-electron chi connectivity index (χ0n) is 12.0. The Balaban J connectivity index is 2.34. The molecule has 21 heavy (non-hydrogen) atoms. The molecule has 5 heteroatoms. The van der Waals surface area contributed by atoms with Gasteiger partial charge in [0.2, 0.25) is 0 Å². The molecule has 0 aliphatic rings. The molecule has 1 atom stereocenters. The third-order valence-corrected chi connectivity index (χ3v) is 3.42. The SMILES string of the molecule is COc1cc(C)ccc1C(Cc1cccc(F)c1F)NN. The molecule has 0 aliphatic carbocycles. The summed E-state index contributed by atoms with van der Waals surface area (Å²) in [7, 11) is 1.56. The maximum absolute atomic E-state index is 13.8. The van der Waals surface area contributed by atoms with Gasteiger partial charge in [-0.1, -0.05) is 24.3 Å². The lowest BCUT2D eigenvalue weighted by Crippen LogP contribution is -2.30. The van der Waals surface area contributed by atoms with E-state index in [2.05, 4.69) is 5.43 Å². The quantitative estimate of drug-likeness (QED) is 0.658. The number of aryl methyl sites for hydroxylation is 1. The molecular weight excluding hydrogens is 274 g/mol. The lowest BCUT2D eigenvalue weighted by atomic mass is 9.97. The Morgan fingerprint density at radius 1 is 1.24 bits per heavy atom. The summed E-state index contributed by atoms with van der Waals surface area (Å²) in [6.45, 7) is 1.95. The fourth-order valence-electron chi connectivity index (χ4n) is 2.29. The van der Waals surface area contributed by atoms with E-state index in [0.29, 0.717) is 5.75 Å². The summed E-state index contributed by atoms with van der Waals surface area (Å²) in [5, 5.41) is 0. The number of methoxy groups -OCH3 is 1. The summed E-state index contributed by atoms with van der Waals surface area (Å²) in [6.07, 6.45) is 0.222. The lowest BCUT2D eigenvalue weighted by molar-refractivity contribution is 0.397. The Morgan fingerprint density at radius 3 is 2.67 bits per heavy atom. The van der Waals surface area contributed by atoms with E-state index in [1.165, 1.54) is 6.07 Å². The molecule has 0 spiro atoms. The van der Waals surface area contributed by atoms with Crippen LogP contribution < -0.4 is 16.0 Å². The summed E-state index contributed by atoms with van der Waals surface area (Å²) in [4.78, 5) is 0. The predicted molar refractivity (Wildman–Crippen MR) is 77.9 cm³/mol. The van der Waals surface area contributed by atoms with E-state index >= 15 is 0 Å². The third-order valence-electron chi connectivity index (χ3n) is 3.42. The zero-order valence-corrected chi connectivity index (χ0v) is 12.0. The number of hydrogen-bond acceptors (Lipinski definition) is 3. The first-order chi connectivity index (χ1) is 10.1. The van der Waals surface area contributed by atoms with Crippen molar-refractivity contribution >= 4 is 0 Å². The number of benzene rings is 2. The molecule has 2 aromatic rings. The van der Waals surface area contributed by atoms with Gasteiger partial charge < -0.3 is 4.74 Å². The minimum atomic E-state index is -0.862. The van der Waals surface area contributed by atoms with Gasteiger partial charge in [0.25, 0.3) is 0 Å². The van der Waals surface area contributed by atoms with E-state index in [-0.39, 0.29) is 18.0 Å². The summed E-state index contributed by atoms with van der Waals surface area (Å²) in [5.74, 6) is 4.54. The van der Waals surface area contributed by atoms with Crippen LogP contribution in [0.2, 0.25) is 0 Å². The van der Waals surface area contributed by atoms with Crippen LogP contribution in [0.1, 0.15) is 22.7 Å². The van der Waals surface area contributed by atoms with E-state index in [9.17, 15) is 8.78 Å². The molecule has 0 aromatic heterocycles. The van der Waals surface area contributed by atoms with Crippen molar-refractivity contribution in [2.24, 2.45) is 5.84 Å². The highest BCUT2D eigenvalue weighted by atomic mass is 19.2. The van der Waals surface area contributed by atoms with Gasteiger partial charge in [-0.15, -0.1) is 0 Å². The molecule has 1 unspecified atom stereocenters. The van der Waals surface area contributed by atoms with Gasteiger partial charge in [0.15, 0.2) is 11.6 Å². The smallest absolute Gasteiger partial charge is 0.162 e. The summed E-state index contributed by atoms with van der Waals surface area (Å²) in [6, 6.07) is 9.41. The number of rotatable bonds is 5. The molecule has 3 nitrogen and oxygen atoms in total. The molecule has 112 valence electrons. The summed E-state index contributed by atoms with van der Waals surface area (Å²) >= 11 is 0. The van der Waals surface area contributed by atoms with Crippen LogP contribution in [-0.4, -0.2) is 7.11 Å². The van der Waals surface area contributed by atoms with E-state index in [0.717, 1.165) is 17.2 Å². The Bertz CT molecular complexity index is 632. The van der Waals surface area contributed by atoms with Crippen molar-refractivity contribution in [3.63, 3.8) is 0 Å². The van der Waals surface area contributed by atoms with Crippen LogP contribution in [-0.2, 0) is 6.42 Å². The number of hydrogen-bond donors (Lipinski definition) is 2. The molecule has 0 aliphatic heterocycles. The number of nitrogens with one attached hydrogen (secondary N) is 1. The van der Waals surface area contributed by atoms with Crippen LogP contribution in [0.25, 0.3) is 0 Å². The van der Waals surface area contributed by atoms with Crippen molar-refractivity contribution in [2.75, 3.05) is 7.11 Å². The minimum absolute atomic E-state index is 0.222. The second-order valence-corrected chi connectivity index (χ2v) is 4.88. The Kier molecular flexibility index (Phi) is 4.88. The molecule has 0 fully saturated rings. The third kappa shape index (κ3) is 3.37. The summed E-state index contributed by atoms with van der Waals surface area (Å²) in [5.41, 5.74) is 4.75. The van der Waals surface area contributed by atoms with Gasteiger partial charge in [-0.3, -0.25) is 11.3 Å². The van der Waals surface area contributed by atoms with Crippen molar-refractivity contribution in [3.05, 3.63) is 64.7 Å². The van der Waals surface area contributed by atoms with Crippen molar-refractivity contribution in [2.45, 2.75) is 19.4 Å². The normalized spacial score (nSPS) is 12.2. The predicted octanol–water partition coefficient (Wildman–Crippen LogP) is 3.03. The maximum atomic E-state index is 13.8. The van der Waals surface area contributed by atoms with E-state index in [4.69, 9.17) is 10.6 Å². The highest BCUT2D eigenvalue weighted by molar-refractivity contribution is 5.40. The van der Waals surface area contributed by atoms with Crippen molar-refractivity contribution in [1.82, 2.24) is 5.43 Å². The van der Waals surface area contributed by atoms with Crippen LogP contribution in [0.15, 0.2) is 36.4 Å². The van der Waals surface area contributed by atoms with Crippen LogP contribution >= 0.6 is 0 Å². The molecule has 2 aromatic carbocycles. The number of hydrazine groups is 1. The first-order valence-corrected chi connectivity index (χ1v) is 6.60. The van der Waals surface area contributed by atoms with Gasteiger partial charge in [-0.05, 0) is 36.6 Å². The molecule has 0 bridgehead atoms. The molecule has 2 rings (SSSR count). The molecular formula is C16H18F2N2O. The topological polar surface area (TPSA) is 47.3 Å². The van der Waals surface area contributed by atoms with Crippen LogP contribution in [0, 0.1) is 18.6 Å². The average molecular weight is 292 g/mol. The highest BCUT2D eigenvalue weighted by Gasteiger charge is 2.18. The van der Waals surface area contributed by atoms with Crippen molar-refractivity contribution in [1.29, 1.82) is 0 Å². The van der Waals surface area contributed by atoms with Gasteiger partial charge in [0.05, 0.1) is 13.2 Å². The van der Waals surface area contributed by atoms with E-state index in [1.807, 2.05) is 25.1 Å². The molecule has 3 N–H and O–H groups in total. The van der Waals surface area contributed by atoms with Gasteiger partial charge in [-0.2, -0.15) is 0 Å². The summed E-state index contributed by atoms with van der Waals surface area (Å²) < 4.78 is 32.4. The first kappa shape index (κ1) is 15.4. The molecule has 0 amide bonds. The van der Waals surface area contributed by atoms with Crippen molar-refractivity contribution < 1.29 is 13.5 Å². The van der Waals surface area contributed by atoms with Gasteiger partial charge in [-0.25, -0.2) is 8.78 Å².